The molecule has 2 amide bonds. The van der Waals surface area contributed by atoms with Gasteiger partial charge in [-0.05, 0) is 42.4 Å². The zero-order chi connectivity index (χ0) is 22.1. The van der Waals surface area contributed by atoms with Crippen LogP contribution in [0.5, 0.6) is 0 Å². The van der Waals surface area contributed by atoms with E-state index in [1.54, 1.807) is 33.5 Å². The van der Waals surface area contributed by atoms with Crippen LogP contribution >= 0.6 is 38.8 Å². The van der Waals surface area contributed by atoms with Gasteiger partial charge in [-0.3, -0.25) is 12.9 Å². The number of aromatic nitrogens is 2. The van der Waals surface area contributed by atoms with Crippen molar-refractivity contribution in [2.45, 2.75) is 65.5 Å². The normalized spacial score (nSPS) is 16.4. The summed E-state index contributed by atoms with van der Waals surface area (Å²) in [6.07, 6.45) is 5.80. The maximum atomic E-state index is 13.3. The van der Waals surface area contributed by atoms with E-state index < -0.39 is 17.5 Å². The molecule has 0 radical (unpaired) electrons. The van der Waals surface area contributed by atoms with Crippen LogP contribution in [0.3, 0.4) is 0 Å². The lowest BCUT2D eigenvalue weighted by atomic mass is 9.86. The van der Waals surface area contributed by atoms with E-state index in [1.807, 2.05) is 32.9 Å². The Balaban J connectivity index is 2.02. The lowest BCUT2D eigenvalue weighted by molar-refractivity contribution is -0.122. The Bertz CT molecular complexity index is 1000. The van der Waals surface area contributed by atoms with Crippen LogP contribution in [0.4, 0.5) is 4.79 Å². The first kappa shape index (κ1) is 23.3. The van der Waals surface area contributed by atoms with Crippen molar-refractivity contribution in [3.8, 4) is 0 Å². The molecular weight excluding hydrogens is 563 g/mol. The SMILES string of the molecule is CC(C)(C)[C@H](NC(=O)n1c(=O)n(CC2CCCCC2)c2cc(Br)ccc21)C(=O)NI. The van der Waals surface area contributed by atoms with Gasteiger partial charge in [0.2, 0.25) is 0 Å². The second-order valence-corrected chi connectivity index (χ2v) is 10.5. The van der Waals surface area contributed by atoms with Gasteiger partial charge in [0.15, 0.2) is 0 Å². The van der Waals surface area contributed by atoms with Crippen molar-refractivity contribution in [1.29, 1.82) is 0 Å². The molecular formula is C21H28BrIN4O3. The molecule has 1 aromatic carbocycles. The van der Waals surface area contributed by atoms with Crippen LogP contribution in [-0.4, -0.2) is 27.1 Å². The van der Waals surface area contributed by atoms with Crippen molar-refractivity contribution >= 4 is 61.8 Å². The molecule has 7 nitrogen and oxygen atoms in total. The van der Waals surface area contributed by atoms with Crippen molar-refractivity contribution in [2.75, 3.05) is 0 Å². The van der Waals surface area contributed by atoms with Gasteiger partial charge in [0.05, 0.1) is 33.9 Å². The number of carbonyl (C=O) groups excluding carboxylic acids is 2. The molecule has 0 spiro atoms. The number of hydrogen-bond donors (Lipinski definition) is 2. The van der Waals surface area contributed by atoms with E-state index in [2.05, 4.69) is 24.8 Å². The molecule has 3 rings (SSSR count). The highest BCUT2D eigenvalue weighted by atomic mass is 127. The van der Waals surface area contributed by atoms with Crippen molar-refractivity contribution in [1.82, 2.24) is 18.0 Å². The summed E-state index contributed by atoms with van der Waals surface area (Å²) in [6.45, 7) is 6.21. The second-order valence-electron chi connectivity index (χ2n) is 9.07. The monoisotopic (exact) mass is 590 g/mol. The number of imidazole rings is 1. The number of amides is 2. The molecule has 0 saturated heterocycles. The minimum Gasteiger partial charge on any atom is -0.325 e. The summed E-state index contributed by atoms with van der Waals surface area (Å²) in [5.74, 6) is 0.128. The van der Waals surface area contributed by atoms with Crippen molar-refractivity contribution in [2.24, 2.45) is 11.3 Å². The molecule has 1 heterocycles. The summed E-state index contributed by atoms with van der Waals surface area (Å²) < 4.78 is 6.28. The minimum absolute atomic E-state index is 0.307. The molecule has 1 aliphatic rings. The zero-order valence-electron chi connectivity index (χ0n) is 17.5. The quantitative estimate of drug-likeness (QED) is 0.404. The van der Waals surface area contributed by atoms with Gasteiger partial charge in [0.25, 0.3) is 5.91 Å². The number of benzene rings is 1. The van der Waals surface area contributed by atoms with Crippen LogP contribution in [0.2, 0.25) is 0 Å². The largest absolute Gasteiger partial charge is 0.337 e. The van der Waals surface area contributed by atoms with E-state index in [9.17, 15) is 14.4 Å². The van der Waals surface area contributed by atoms with Gasteiger partial charge in [-0.15, -0.1) is 0 Å². The van der Waals surface area contributed by atoms with Gasteiger partial charge in [-0.2, -0.15) is 0 Å². The molecule has 2 N–H and O–H groups in total. The Morgan fingerprint density at radius 1 is 1.20 bits per heavy atom. The Labute approximate surface area is 198 Å². The first-order valence-corrected chi connectivity index (χ1v) is 12.1. The molecule has 9 heteroatoms. The number of fused-ring (bicyclic) bond motifs is 1. The van der Waals surface area contributed by atoms with E-state index in [0.29, 0.717) is 18.0 Å². The van der Waals surface area contributed by atoms with Gasteiger partial charge in [-0.1, -0.05) is 56.0 Å². The van der Waals surface area contributed by atoms with E-state index in [0.717, 1.165) is 27.4 Å². The van der Waals surface area contributed by atoms with Crippen LogP contribution in [0, 0.1) is 11.3 Å². The van der Waals surface area contributed by atoms with E-state index >= 15 is 0 Å². The summed E-state index contributed by atoms with van der Waals surface area (Å²) in [7, 11) is 0. The van der Waals surface area contributed by atoms with Crippen LogP contribution in [0.25, 0.3) is 11.0 Å². The fraction of sp³-hybridized carbons (Fsp3) is 0.571. The topological polar surface area (TPSA) is 85.1 Å². The predicted octanol–water partition coefficient (Wildman–Crippen LogP) is 4.58. The third kappa shape index (κ3) is 4.92. The standard InChI is InChI=1S/C21H28BrIN4O3/c1-21(2,3)17(18(28)25-23)24-19(29)27-15-10-9-14(22)11-16(15)26(20(27)30)12-13-7-5-4-6-8-13/h9-11,13,17H,4-8,12H2,1-3H3,(H,24,29)(H,25,28)/t17-/m1/s1. The Morgan fingerprint density at radius 3 is 2.47 bits per heavy atom. The molecule has 0 unspecified atom stereocenters. The summed E-state index contributed by atoms with van der Waals surface area (Å²) in [4.78, 5) is 38.9. The molecule has 164 valence electrons. The molecule has 1 atom stereocenters. The van der Waals surface area contributed by atoms with Crippen LogP contribution in [0.1, 0.15) is 52.9 Å². The molecule has 2 aromatic rings. The fourth-order valence-corrected chi connectivity index (χ4v) is 4.81. The molecule has 0 aliphatic heterocycles. The van der Waals surface area contributed by atoms with Crippen LogP contribution < -0.4 is 14.5 Å². The predicted molar refractivity (Wildman–Crippen MR) is 130 cm³/mol. The highest BCUT2D eigenvalue weighted by Crippen LogP contribution is 2.27. The molecule has 1 saturated carbocycles. The number of hydrogen-bond acceptors (Lipinski definition) is 3. The average molecular weight is 591 g/mol. The average Bonchev–Trinajstić information content (AvgIpc) is 2.96. The van der Waals surface area contributed by atoms with E-state index in [4.69, 9.17) is 0 Å². The number of carbonyl (C=O) groups is 2. The first-order valence-electron chi connectivity index (χ1n) is 10.3. The van der Waals surface area contributed by atoms with Gasteiger partial charge in [0, 0.05) is 11.0 Å². The van der Waals surface area contributed by atoms with Crippen LogP contribution in [-0.2, 0) is 11.3 Å². The maximum absolute atomic E-state index is 13.3. The zero-order valence-corrected chi connectivity index (χ0v) is 21.2. The Morgan fingerprint density at radius 2 is 1.87 bits per heavy atom. The highest BCUT2D eigenvalue weighted by Gasteiger charge is 2.34. The smallest absolute Gasteiger partial charge is 0.325 e. The molecule has 1 aliphatic carbocycles. The lowest BCUT2D eigenvalue weighted by Gasteiger charge is -2.29. The second kappa shape index (κ2) is 9.42. The van der Waals surface area contributed by atoms with Gasteiger partial charge in [0.1, 0.15) is 6.04 Å². The first-order chi connectivity index (χ1) is 14.1. The molecule has 1 fully saturated rings. The van der Waals surface area contributed by atoms with Crippen molar-refractivity contribution < 1.29 is 9.59 Å². The summed E-state index contributed by atoms with van der Waals surface area (Å²) in [5, 5.41) is 2.77. The van der Waals surface area contributed by atoms with Crippen LogP contribution in [0.15, 0.2) is 27.5 Å². The summed E-state index contributed by atoms with van der Waals surface area (Å²) in [6, 6.07) is 4.09. The van der Waals surface area contributed by atoms with Gasteiger partial charge < -0.3 is 5.32 Å². The third-order valence-corrected chi connectivity index (χ3v) is 6.77. The van der Waals surface area contributed by atoms with Crippen molar-refractivity contribution in [3.63, 3.8) is 0 Å². The number of rotatable bonds is 4. The molecule has 1 aromatic heterocycles. The molecule has 0 bridgehead atoms. The number of halogens is 2. The van der Waals surface area contributed by atoms with Gasteiger partial charge >= 0.3 is 11.7 Å². The number of nitrogens with one attached hydrogen (secondary N) is 2. The van der Waals surface area contributed by atoms with E-state index in [-0.39, 0.29) is 11.6 Å². The maximum Gasteiger partial charge on any atom is 0.337 e. The fourth-order valence-electron chi connectivity index (χ4n) is 4.15. The lowest BCUT2D eigenvalue weighted by Crippen LogP contribution is -2.54. The minimum atomic E-state index is -0.777. The molecule has 30 heavy (non-hydrogen) atoms. The Kier molecular flexibility index (Phi) is 7.32. The van der Waals surface area contributed by atoms with E-state index in [1.165, 1.54) is 19.3 Å². The summed E-state index contributed by atoms with van der Waals surface area (Å²) in [5.41, 5.74) is 0.381. The highest BCUT2D eigenvalue weighted by molar-refractivity contribution is 14.1. The van der Waals surface area contributed by atoms with Gasteiger partial charge in [-0.25, -0.2) is 14.2 Å². The van der Waals surface area contributed by atoms with Crippen molar-refractivity contribution in [3.05, 3.63) is 33.2 Å². The number of nitrogens with zero attached hydrogens (tertiary/aromatic N) is 2. The Hall–Kier alpha value is -1.36. The third-order valence-electron chi connectivity index (χ3n) is 5.75. The summed E-state index contributed by atoms with van der Waals surface area (Å²) >= 11 is 5.24.